The van der Waals surface area contributed by atoms with Gasteiger partial charge in [0.25, 0.3) is 0 Å². The molecule has 4 nitrogen and oxygen atoms in total. The van der Waals surface area contributed by atoms with Gasteiger partial charge in [0.2, 0.25) is 5.91 Å². The molecule has 18 heavy (non-hydrogen) atoms. The predicted molar refractivity (Wildman–Crippen MR) is 71.1 cm³/mol. The molecule has 1 aliphatic carbocycles. The number of carbonyl (C=O) groups excluding carboxylic acids is 1. The van der Waals surface area contributed by atoms with Crippen molar-refractivity contribution in [2.45, 2.75) is 64.1 Å². The Morgan fingerprint density at radius 2 is 2.11 bits per heavy atom. The third-order valence-electron chi connectivity index (χ3n) is 4.53. The SMILES string of the molecule is CC1CCCC(C(=O)NC(C)C2CCCO2)C1N. The molecular weight excluding hydrogens is 228 g/mol. The lowest BCUT2D eigenvalue weighted by atomic mass is 9.77. The first-order valence-corrected chi connectivity index (χ1v) is 7.27. The number of carbonyl (C=O) groups is 1. The largest absolute Gasteiger partial charge is 0.376 e. The van der Waals surface area contributed by atoms with Gasteiger partial charge >= 0.3 is 0 Å². The Kier molecular flexibility index (Phi) is 4.62. The van der Waals surface area contributed by atoms with Crippen LogP contribution in [0.5, 0.6) is 0 Å². The molecule has 104 valence electrons. The summed E-state index contributed by atoms with van der Waals surface area (Å²) in [6.07, 6.45) is 5.52. The average molecular weight is 254 g/mol. The van der Waals surface area contributed by atoms with Crippen LogP contribution < -0.4 is 11.1 Å². The van der Waals surface area contributed by atoms with Crippen LogP contribution >= 0.6 is 0 Å². The molecule has 1 saturated carbocycles. The van der Waals surface area contributed by atoms with E-state index in [0.717, 1.165) is 38.7 Å². The molecule has 2 aliphatic rings. The minimum absolute atomic E-state index is 0.00967. The van der Waals surface area contributed by atoms with Crippen LogP contribution in [0.15, 0.2) is 0 Å². The lowest BCUT2D eigenvalue weighted by Crippen LogP contribution is -2.51. The van der Waals surface area contributed by atoms with Crippen molar-refractivity contribution in [1.29, 1.82) is 0 Å². The van der Waals surface area contributed by atoms with Crippen LogP contribution in [-0.2, 0) is 9.53 Å². The van der Waals surface area contributed by atoms with Gasteiger partial charge in [-0.05, 0) is 38.5 Å². The molecule has 5 atom stereocenters. The second-order valence-corrected chi connectivity index (χ2v) is 5.94. The number of ether oxygens (including phenoxy) is 1. The van der Waals surface area contributed by atoms with Crippen LogP contribution in [0.25, 0.3) is 0 Å². The number of rotatable bonds is 3. The van der Waals surface area contributed by atoms with Crippen molar-refractivity contribution in [3.8, 4) is 0 Å². The van der Waals surface area contributed by atoms with Gasteiger partial charge in [-0.1, -0.05) is 13.3 Å². The highest BCUT2D eigenvalue weighted by atomic mass is 16.5. The summed E-state index contributed by atoms with van der Waals surface area (Å²) in [7, 11) is 0. The monoisotopic (exact) mass is 254 g/mol. The molecule has 1 amide bonds. The Morgan fingerprint density at radius 1 is 1.33 bits per heavy atom. The van der Waals surface area contributed by atoms with E-state index in [1.165, 1.54) is 0 Å². The van der Waals surface area contributed by atoms with E-state index < -0.39 is 0 Å². The summed E-state index contributed by atoms with van der Waals surface area (Å²) in [5.74, 6) is 0.558. The summed E-state index contributed by atoms with van der Waals surface area (Å²) < 4.78 is 5.60. The van der Waals surface area contributed by atoms with Gasteiger partial charge in [-0.3, -0.25) is 4.79 Å². The average Bonchev–Trinajstić information content (AvgIpc) is 2.86. The second kappa shape index (κ2) is 6.02. The predicted octanol–water partition coefficient (Wildman–Crippen LogP) is 1.43. The van der Waals surface area contributed by atoms with E-state index in [1.54, 1.807) is 0 Å². The summed E-state index contributed by atoms with van der Waals surface area (Å²) in [5.41, 5.74) is 6.16. The Labute approximate surface area is 110 Å². The molecule has 0 spiro atoms. The van der Waals surface area contributed by atoms with Gasteiger partial charge < -0.3 is 15.8 Å². The van der Waals surface area contributed by atoms with Crippen LogP contribution in [0, 0.1) is 11.8 Å². The fraction of sp³-hybridized carbons (Fsp3) is 0.929. The van der Waals surface area contributed by atoms with Crippen LogP contribution in [0.4, 0.5) is 0 Å². The minimum atomic E-state index is -0.0161. The van der Waals surface area contributed by atoms with E-state index in [4.69, 9.17) is 10.5 Å². The molecule has 1 aliphatic heterocycles. The maximum absolute atomic E-state index is 12.3. The van der Waals surface area contributed by atoms with E-state index in [0.29, 0.717) is 5.92 Å². The fourth-order valence-electron chi connectivity index (χ4n) is 3.17. The highest BCUT2D eigenvalue weighted by Crippen LogP contribution is 2.28. The summed E-state index contributed by atoms with van der Waals surface area (Å²) in [6, 6.07) is 0.111. The number of hydrogen-bond donors (Lipinski definition) is 2. The van der Waals surface area contributed by atoms with Crippen molar-refractivity contribution in [2.24, 2.45) is 17.6 Å². The third kappa shape index (κ3) is 3.04. The second-order valence-electron chi connectivity index (χ2n) is 5.94. The number of nitrogens with two attached hydrogens (primary N) is 1. The maximum atomic E-state index is 12.3. The Morgan fingerprint density at radius 3 is 2.78 bits per heavy atom. The first-order valence-electron chi connectivity index (χ1n) is 7.27. The molecule has 0 bridgehead atoms. The van der Waals surface area contributed by atoms with E-state index in [1.807, 2.05) is 6.92 Å². The van der Waals surface area contributed by atoms with Gasteiger partial charge in [0.05, 0.1) is 18.1 Å². The van der Waals surface area contributed by atoms with E-state index >= 15 is 0 Å². The molecule has 4 heteroatoms. The smallest absolute Gasteiger partial charge is 0.224 e. The van der Waals surface area contributed by atoms with Crippen molar-refractivity contribution in [3.63, 3.8) is 0 Å². The zero-order valence-electron chi connectivity index (χ0n) is 11.5. The molecule has 0 aromatic rings. The third-order valence-corrected chi connectivity index (χ3v) is 4.53. The number of amides is 1. The molecule has 5 unspecified atom stereocenters. The van der Waals surface area contributed by atoms with Crippen molar-refractivity contribution >= 4 is 5.91 Å². The topological polar surface area (TPSA) is 64.3 Å². The van der Waals surface area contributed by atoms with Gasteiger partial charge in [0.15, 0.2) is 0 Å². The molecule has 2 rings (SSSR count). The highest BCUT2D eigenvalue weighted by molar-refractivity contribution is 5.79. The van der Waals surface area contributed by atoms with Gasteiger partial charge in [-0.2, -0.15) is 0 Å². The highest BCUT2D eigenvalue weighted by Gasteiger charge is 2.34. The molecule has 0 aromatic carbocycles. The summed E-state index contributed by atoms with van der Waals surface area (Å²) in [6.45, 7) is 5.00. The Balaban J connectivity index is 1.86. The zero-order chi connectivity index (χ0) is 13.1. The quantitative estimate of drug-likeness (QED) is 0.801. The van der Waals surface area contributed by atoms with Gasteiger partial charge in [0.1, 0.15) is 0 Å². The van der Waals surface area contributed by atoms with Crippen molar-refractivity contribution < 1.29 is 9.53 Å². The first-order chi connectivity index (χ1) is 8.59. The molecule has 0 radical (unpaired) electrons. The van der Waals surface area contributed by atoms with E-state index in [9.17, 15) is 4.79 Å². The Bertz CT molecular complexity index is 290. The molecule has 3 N–H and O–H groups in total. The van der Waals surface area contributed by atoms with Gasteiger partial charge in [0, 0.05) is 12.6 Å². The van der Waals surface area contributed by atoms with Crippen LogP contribution in [0.1, 0.15) is 46.0 Å². The van der Waals surface area contributed by atoms with Crippen molar-refractivity contribution in [2.75, 3.05) is 6.61 Å². The van der Waals surface area contributed by atoms with Gasteiger partial charge in [-0.15, -0.1) is 0 Å². The summed E-state index contributed by atoms with van der Waals surface area (Å²) in [5, 5.41) is 3.10. The molecule has 0 aromatic heterocycles. The van der Waals surface area contributed by atoms with Crippen molar-refractivity contribution in [3.05, 3.63) is 0 Å². The normalized spacial score (nSPS) is 38.4. The summed E-state index contributed by atoms with van der Waals surface area (Å²) in [4.78, 5) is 12.3. The van der Waals surface area contributed by atoms with Crippen molar-refractivity contribution in [1.82, 2.24) is 5.32 Å². The van der Waals surface area contributed by atoms with Crippen LogP contribution in [0.2, 0.25) is 0 Å². The lowest BCUT2D eigenvalue weighted by Gasteiger charge is -2.34. The lowest BCUT2D eigenvalue weighted by molar-refractivity contribution is -0.128. The van der Waals surface area contributed by atoms with Crippen LogP contribution in [-0.4, -0.2) is 30.7 Å². The summed E-state index contributed by atoms with van der Waals surface area (Å²) >= 11 is 0. The molecular formula is C14H26N2O2. The van der Waals surface area contributed by atoms with E-state index in [-0.39, 0.29) is 30.0 Å². The van der Waals surface area contributed by atoms with Crippen LogP contribution in [0.3, 0.4) is 0 Å². The first kappa shape index (κ1) is 13.8. The Hall–Kier alpha value is -0.610. The minimum Gasteiger partial charge on any atom is -0.376 e. The zero-order valence-corrected chi connectivity index (χ0v) is 11.5. The molecule has 2 fully saturated rings. The molecule has 1 saturated heterocycles. The fourth-order valence-corrected chi connectivity index (χ4v) is 3.17. The van der Waals surface area contributed by atoms with Gasteiger partial charge in [-0.25, -0.2) is 0 Å². The number of hydrogen-bond acceptors (Lipinski definition) is 3. The maximum Gasteiger partial charge on any atom is 0.224 e. The molecule has 1 heterocycles. The standard InChI is InChI=1S/C14H26N2O2/c1-9-5-3-6-11(13(9)15)14(17)16-10(2)12-7-4-8-18-12/h9-13H,3-8,15H2,1-2H3,(H,16,17). The number of nitrogens with one attached hydrogen (secondary N) is 1. The van der Waals surface area contributed by atoms with E-state index in [2.05, 4.69) is 12.2 Å².